The molecule has 2 aliphatic rings. The van der Waals surface area contributed by atoms with E-state index in [1.54, 1.807) is 0 Å². The van der Waals surface area contributed by atoms with E-state index in [4.69, 9.17) is 9.47 Å². The molecular weight excluding hydrogens is 425 g/mol. The normalized spacial score (nSPS) is 26.2. The van der Waals surface area contributed by atoms with Gasteiger partial charge in [-0.3, -0.25) is 0 Å². The number of ether oxygens (including phenoxy) is 2. The van der Waals surface area contributed by atoms with E-state index in [1.165, 1.54) is 0 Å². The highest BCUT2D eigenvalue weighted by atomic mass is 32.2. The van der Waals surface area contributed by atoms with Crippen LogP contribution >= 0.6 is 0 Å². The van der Waals surface area contributed by atoms with E-state index in [-0.39, 0.29) is 17.4 Å². The topological polar surface area (TPSA) is 92.7 Å². The molecule has 168 valence electrons. The summed E-state index contributed by atoms with van der Waals surface area (Å²) in [5.41, 5.74) is -1.92. The first-order valence-electron chi connectivity index (χ1n) is 9.83. The minimum atomic E-state index is -4.68. The highest BCUT2D eigenvalue weighted by Crippen LogP contribution is 2.56. The lowest BCUT2D eigenvalue weighted by atomic mass is 9.76. The van der Waals surface area contributed by atoms with Gasteiger partial charge in [-0.15, -0.1) is 0 Å². The number of carbonyl (C=O) groups is 1. The first-order valence-corrected chi connectivity index (χ1v) is 11.4. The molecule has 3 rings (SSSR count). The van der Waals surface area contributed by atoms with Crippen LogP contribution in [0.2, 0.25) is 0 Å². The molecule has 1 aromatic carbocycles. The van der Waals surface area contributed by atoms with Crippen molar-refractivity contribution in [2.45, 2.75) is 51.3 Å². The Hall–Kier alpha value is -1.81. The Balaban J connectivity index is 1.89. The number of benzene rings is 1. The number of carbonyl (C=O) groups excluding carboxylic acids is 1. The summed E-state index contributed by atoms with van der Waals surface area (Å²) >= 11 is 0. The summed E-state index contributed by atoms with van der Waals surface area (Å²) in [5, 5.41) is 0. The van der Waals surface area contributed by atoms with Crippen LogP contribution < -0.4 is 4.74 Å². The predicted molar refractivity (Wildman–Crippen MR) is 99.9 cm³/mol. The SMILES string of the molecule is CC(C)C1(Oc2cc(C(=O)OCCS(=O)(=O)[O-])ccc2C(F)(F)F)CC2CCC1C2. The third kappa shape index (κ3) is 4.74. The van der Waals surface area contributed by atoms with Crippen molar-refractivity contribution < 1.29 is 40.4 Å². The van der Waals surface area contributed by atoms with Gasteiger partial charge in [0.15, 0.2) is 0 Å². The maximum absolute atomic E-state index is 13.6. The quantitative estimate of drug-likeness (QED) is 0.461. The van der Waals surface area contributed by atoms with E-state index in [2.05, 4.69) is 0 Å². The van der Waals surface area contributed by atoms with Crippen LogP contribution in [-0.4, -0.2) is 36.9 Å². The van der Waals surface area contributed by atoms with Gasteiger partial charge in [-0.2, -0.15) is 13.2 Å². The molecule has 3 atom stereocenters. The second-order valence-electron chi connectivity index (χ2n) is 8.40. The summed E-state index contributed by atoms with van der Waals surface area (Å²) in [4.78, 5) is 12.2. The third-order valence-corrected chi connectivity index (χ3v) is 6.87. The highest BCUT2D eigenvalue weighted by Gasteiger charge is 2.55. The molecule has 30 heavy (non-hydrogen) atoms. The molecule has 2 saturated carbocycles. The van der Waals surface area contributed by atoms with E-state index in [9.17, 15) is 30.9 Å². The number of halogens is 3. The van der Waals surface area contributed by atoms with Crippen molar-refractivity contribution in [2.24, 2.45) is 17.8 Å². The molecule has 0 N–H and O–H groups in total. The van der Waals surface area contributed by atoms with Crippen molar-refractivity contribution in [3.63, 3.8) is 0 Å². The fourth-order valence-electron chi connectivity index (χ4n) is 4.76. The standard InChI is InChI=1S/C20H25F3O6S/c1-12(2)19(11-13-3-5-15(19)9-13)29-17-10-14(4-6-16(17)20(21,22)23)18(24)28-7-8-30(25,26)27/h4,6,10,12-13,15H,3,5,7-9,11H2,1-2H3,(H,25,26,27)/p-1. The molecule has 0 amide bonds. The molecule has 3 unspecified atom stereocenters. The Morgan fingerprint density at radius 1 is 1.30 bits per heavy atom. The van der Waals surface area contributed by atoms with Gasteiger partial charge in [-0.1, -0.05) is 13.8 Å². The molecule has 10 heteroatoms. The first kappa shape index (κ1) is 22.9. The number of esters is 1. The zero-order valence-corrected chi connectivity index (χ0v) is 17.5. The van der Waals surface area contributed by atoms with Gasteiger partial charge in [0.2, 0.25) is 0 Å². The molecule has 0 radical (unpaired) electrons. The van der Waals surface area contributed by atoms with Gasteiger partial charge >= 0.3 is 12.1 Å². The largest absolute Gasteiger partial charge is 0.748 e. The van der Waals surface area contributed by atoms with Gasteiger partial charge in [0.25, 0.3) is 0 Å². The van der Waals surface area contributed by atoms with Crippen molar-refractivity contribution in [3.8, 4) is 5.75 Å². The summed E-state index contributed by atoms with van der Waals surface area (Å²) in [6.07, 6.45) is -1.14. The third-order valence-electron chi connectivity index (χ3n) is 6.21. The van der Waals surface area contributed by atoms with Crippen LogP contribution in [0.5, 0.6) is 5.75 Å². The number of rotatable bonds is 7. The maximum atomic E-state index is 13.6. The molecule has 2 fully saturated rings. The van der Waals surface area contributed by atoms with Crippen LogP contribution in [0.25, 0.3) is 0 Å². The Labute approximate surface area is 173 Å². The van der Waals surface area contributed by atoms with Gasteiger partial charge in [-0.25, -0.2) is 13.2 Å². The van der Waals surface area contributed by atoms with E-state index in [1.807, 2.05) is 13.8 Å². The van der Waals surface area contributed by atoms with Gasteiger partial charge in [0, 0.05) is 0 Å². The summed E-state index contributed by atoms with van der Waals surface area (Å²) in [7, 11) is -4.58. The Bertz CT molecular complexity index is 912. The van der Waals surface area contributed by atoms with E-state index in [0.29, 0.717) is 12.3 Å². The van der Waals surface area contributed by atoms with Crippen LogP contribution in [0.3, 0.4) is 0 Å². The first-order chi connectivity index (χ1) is 13.8. The number of fused-ring (bicyclic) bond motifs is 2. The summed E-state index contributed by atoms with van der Waals surface area (Å²) in [6, 6.07) is 2.71. The number of hydrogen-bond acceptors (Lipinski definition) is 6. The fraction of sp³-hybridized carbons (Fsp3) is 0.650. The molecule has 0 aromatic heterocycles. The van der Waals surface area contributed by atoms with Gasteiger partial charge < -0.3 is 14.0 Å². The zero-order valence-electron chi connectivity index (χ0n) is 16.7. The summed E-state index contributed by atoms with van der Waals surface area (Å²) in [6.45, 7) is 3.17. The van der Waals surface area contributed by atoms with Gasteiger partial charge in [0.05, 0.1) is 27.0 Å². The Morgan fingerprint density at radius 2 is 2.00 bits per heavy atom. The average Bonchev–Trinajstić information content (AvgIpc) is 3.21. The van der Waals surface area contributed by atoms with E-state index < -0.39 is 51.5 Å². The Morgan fingerprint density at radius 3 is 2.50 bits per heavy atom. The lowest BCUT2D eigenvalue weighted by Gasteiger charge is -2.42. The Kier molecular flexibility index (Phi) is 6.12. The van der Waals surface area contributed by atoms with Crippen molar-refractivity contribution in [3.05, 3.63) is 29.3 Å². The minimum Gasteiger partial charge on any atom is -0.748 e. The van der Waals surface area contributed by atoms with Crippen molar-refractivity contribution in [2.75, 3.05) is 12.4 Å². The molecular formula is C20H24F3O6S-. The molecule has 2 bridgehead atoms. The molecule has 0 heterocycles. The fourth-order valence-corrected chi connectivity index (χ4v) is 5.05. The van der Waals surface area contributed by atoms with Crippen molar-refractivity contribution in [1.82, 2.24) is 0 Å². The molecule has 0 aliphatic heterocycles. The lowest BCUT2D eigenvalue weighted by molar-refractivity contribution is -0.141. The molecule has 6 nitrogen and oxygen atoms in total. The van der Waals surface area contributed by atoms with Gasteiger partial charge in [-0.05, 0) is 61.6 Å². The van der Waals surface area contributed by atoms with Crippen LogP contribution in [0.15, 0.2) is 18.2 Å². The van der Waals surface area contributed by atoms with E-state index in [0.717, 1.165) is 37.5 Å². The van der Waals surface area contributed by atoms with Gasteiger partial charge in [0.1, 0.15) is 18.0 Å². The number of alkyl halides is 3. The monoisotopic (exact) mass is 449 g/mol. The zero-order chi connectivity index (χ0) is 22.3. The predicted octanol–water partition coefficient (Wildman–Crippen LogP) is 4.00. The highest BCUT2D eigenvalue weighted by molar-refractivity contribution is 7.85. The smallest absolute Gasteiger partial charge is 0.419 e. The van der Waals surface area contributed by atoms with Crippen molar-refractivity contribution in [1.29, 1.82) is 0 Å². The summed E-state index contributed by atoms with van der Waals surface area (Å²) in [5.74, 6) is -1.82. The molecule has 1 aromatic rings. The van der Waals surface area contributed by atoms with Crippen LogP contribution in [0, 0.1) is 17.8 Å². The van der Waals surface area contributed by atoms with Crippen LogP contribution in [-0.2, 0) is 21.0 Å². The minimum absolute atomic E-state index is 0.0215. The number of hydrogen-bond donors (Lipinski definition) is 0. The second-order valence-corrected chi connectivity index (χ2v) is 9.92. The van der Waals surface area contributed by atoms with E-state index >= 15 is 0 Å². The summed E-state index contributed by atoms with van der Waals surface area (Å²) < 4.78 is 83.5. The maximum Gasteiger partial charge on any atom is 0.419 e. The van der Waals surface area contributed by atoms with Crippen molar-refractivity contribution >= 4 is 16.1 Å². The lowest BCUT2D eigenvalue weighted by Crippen LogP contribution is -2.46. The average molecular weight is 449 g/mol. The van der Waals surface area contributed by atoms with Crippen LogP contribution in [0.1, 0.15) is 55.5 Å². The molecule has 0 spiro atoms. The molecule has 2 aliphatic carbocycles. The van der Waals surface area contributed by atoms with Crippen LogP contribution in [0.4, 0.5) is 13.2 Å². The second kappa shape index (κ2) is 8.03. The molecule has 0 saturated heterocycles.